The first-order chi connectivity index (χ1) is 11.8. The van der Waals surface area contributed by atoms with Crippen molar-refractivity contribution in [2.24, 2.45) is 5.92 Å². The van der Waals surface area contributed by atoms with E-state index in [2.05, 4.69) is 4.98 Å². The molecule has 8 heteroatoms. The lowest BCUT2D eigenvalue weighted by atomic mass is 10.0. The molecule has 25 heavy (non-hydrogen) atoms. The molecule has 0 unspecified atom stereocenters. The standard InChI is InChI=1S/C17H23N3O4S/c1-12(2)9-16(21)19-7-8-20(15-11-25(23,24)10-14(15)19)17(22)13-3-5-18-6-4-13/h3-6,12,14-15H,7-11H2,1-2H3/t14-,15+/m1/s1. The molecule has 136 valence electrons. The Kier molecular flexibility index (Phi) is 4.81. The van der Waals surface area contributed by atoms with Gasteiger partial charge in [0.25, 0.3) is 5.91 Å². The number of amides is 2. The van der Waals surface area contributed by atoms with E-state index in [0.29, 0.717) is 25.1 Å². The number of pyridine rings is 1. The minimum atomic E-state index is -3.27. The fourth-order valence-electron chi connectivity index (χ4n) is 3.64. The number of fused-ring (bicyclic) bond motifs is 1. The van der Waals surface area contributed by atoms with Crippen LogP contribution >= 0.6 is 0 Å². The molecular formula is C17H23N3O4S. The summed E-state index contributed by atoms with van der Waals surface area (Å²) in [5.74, 6) is -0.175. The summed E-state index contributed by atoms with van der Waals surface area (Å²) in [6.07, 6.45) is 3.47. The Balaban J connectivity index is 1.86. The molecule has 2 saturated heterocycles. The molecule has 2 aliphatic rings. The second kappa shape index (κ2) is 6.74. The minimum absolute atomic E-state index is 0.0295. The van der Waals surface area contributed by atoms with Crippen LogP contribution in [-0.4, -0.2) is 71.7 Å². The van der Waals surface area contributed by atoms with Gasteiger partial charge in [0, 0.05) is 37.5 Å². The maximum absolute atomic E-state index is 12.8. The highest BCUT2D eigenvalue weighted by Gasteiger charge is 2.49. The SMILES string of the molecule is CC(C)CC(=O)N1CCN(C(=O)c2ccncc2)[C@H]2CS(=O)(=O)C[C@H]21. The van der Waals surface area contributed by atoms with Crippen molar-refractivity contribution in [3.8, 4) is 0 Å². The van der Waals surface area contributed by atoms with Crippen molar-refractivity contribution < 1.29 is 18.0 Å². The lowest BCUT2D eigenvalue weighted by molar-refractivity contribution is -0.137. The zero-order valence-corrected chi connectivity index (χ0v) is 15.3. The van der Waals surface area contributed by atoms with Crippen molar-refractivity contribution in [1.82, 2.24) is 14.8 Å². The number of nitrogens with zero attached hydrogens (tertiary/aromatic N) is 3. The van der Waals surface area contributed by atoms with Crippen LogP contribution in [0.2, 0.25) is 0 Å². The summed E-state index contributed by atoms with van der Waals surface area (Å²) in [5, 5.41) is 0. The lowest BCUT2D eigenvalue weighted by Crippen LogP contribution is -2.62. The van der Waals surface area contributed by atoms with Gasteiger partial charge in [0.15, 0.2) is 9.84 Å². The van der Waals surface area contributed by atoms with Gasteiger partial charge in [0.2, 0.25) is 5.91 Å². The van der Waals surface area contributed by atoms with Crippen molar-refractivity contribution in [2.75, 3.05) is 24.6 Å². The number of sulfone groups is 1. The molecule has 3 rings (SSSR count). The van der Waals surface area contributed by atoms with Gasteiger partial charge in [-0.2, -0.15) is 0 Å². The number of aromatic nitrogens is 1. The molecule has 0 saturated carbocycles. The molecule has 0 N–H and O–H groups in total. The molecule has 0 spiro atoms. The van der Waals surface area contributed by atoms with Crippen LogP contribution in [0.25, 0.3) is 0 Å². The Morgan fingerprint density at radius 3 is 2.28 bits per heavy atom. The van der Waals surface area contributed by atoms with Gasteiger partial charge in [0.05, 0.1) is 23.6 Å². The number of piperazine rings is 1. The highest BCUT2D eigenvalue weighted by atomic mass is 32.2. The van der Waals surface area contributed by atoms with Crippen LogP contribution < -0.4 is 0 Å². The van der Waals surface area contributed by atoms with E-state index in [4.69, 9.17) is 0 Å². The van der Waals surface area contributed by atoms with E-state index in [1.54, 1.807) is 34.3 Å². The minimum Gasteiger partial charge on any atom is -0.335 e. The third kappa shape index (κ3) is 3.68. The van der Waals surface area contributed by atoms with Crippen molar-refractivity contribution in [3.05, 3.63) is 30.1 Å². The second-order valence-corrected chi connectivity index (χ2v) is 9.28. The average molecular weight is 365 g/mol. The Morgan fingerprint density at radius 1 is 1.12 bits per heavy atom. The highest BCUT2D eigenvalue weighted by Crippen LogP contribution is 2.29. The topological polar surface area (TPSA) is 87.7 Å². The Morgan fingerprint density at radius 2 is 1.68 bits per heavy atom. The number of rotatable bonds is 3. The number of hydrogen-bond donors (Lipinski definition) is 0. The first-order valence-electron chi connectivity index (χ1n) is 8.49. The summed E-state index contributed by atoms with van der Waals surface area (Å²) < 4.78 is 24.4. The van der Waals surface area contributed by atoms with Crippen LogP contribution in [0.3, 0.4) is 0 Å². The molecule has 0 aliphatic carbocycles. The fourth-order valence-corrected chi connectivity index (χ4v) is 5.62. The summed E-state index contributed by atoms with van der Waals surface area (Å²) in [6.45, 7) is 4.65. The molecule has 2 fully saturated rings. The lowest BCUT2D eigenvalue weighted by Gasteiger charge is -2.44. The number of hydrogen-bond acceptors (Lipinski definition) is 5. The number of carbonyl (C=O) groups is 2. The smallest absolute Gasteiger partial charge is 0.254 e. The summed E-state index contributed by atoms with van der Waals surface area (Å²) in [5.41, 5.74) is 0.486. The van der Waals surface area contributed by atoms with Gasteiger partial charge in [-0.25, -0.2) is 8.42 Å². The molecular weight excluding hydrogens is 342 g/mol. The van der Waals surface area contributed by atoms with E-state index in [-0.39, 0.29) is 29.2 Å². The predicted molar refractivity (Wildman–Crippen MR) is 92.7 cm³/mol. The summed E-state index contributed by atoms with van der Waals surface area (Å²) in [6, 6.07) is 2.32. The van der Waals surface area contributed by atoms with E-state index < -0.39 is 21.9 Å². The highest BCUT2D eigenvalue weighted by molar-refractivity contribution is 7.91. The van der Waals surface area contributed by atoms with Gasteiger partial charge in [-0.3, -0.25) is 14.6 Å². The van der Waals surface area contributed by atoms with Gasteiger partial charge in [0.1, 0.15) is 0 Å². The van der Waals surface area contributed by atoms with Crippen molar-refractivity contribution >= 4 is 21.7 Å². The Hall–Kier alpha value is -1.96. The van der Waals surface area contributed by atoms with Gasteiger partial charge in [-0.05, 0) is 18.1 Å². The molecule has 1 aromatic heterocycles. The molecule has 1 aromatic rings. The first-order valence-corrected chi connectivity index (χ1v) is 10.3. The van der Waals surface area contributed by atoms with Gasteiger partial charge < -0.3 is 9.80 Å². The molecule has 0 radical (unpaired) electrons. The zero-order valence-electron chi connectivity index (χ0n) is 14.5. The van der Waals surface area contributed by atoms with Crippen LogP contribution in [-0.2, 0) is 14.6 Å². The maximum atomic E-state index is 12.8. The zero-order chi connectivity index (χ0) is 18.2. The van der Waals surface area contributed by atoms with Crippen LogP contribution in [0, 0.1) is 5.92 Å². The van der Waals surface area contributed by atoms with Crippen LogP contribution in [0.5, 0.6) is 0 Å². The van der Waals surface area contributed by atoms with Gasteiger partial charge >= 0.3 is 0 Å². The number of carbonyl (C=O) groups excluding carboxylic acids is 2. The van der Waals surface area contributed by atoms with E-state index in [1.165, 1.54) is 0 Å². The normalized spacial score (nSPS) is 25.1. The molecule has 2 atom stereocenters. The molecule has 2 amide bonds. The van der Waals surface area contributed by atoms with E-state index >= 15 is 0 Å². The summed E-state index contributed by atoms with van der Waals surface area (Å²) >= 11 is 0. The van der Waals surface area contributed by atoms with Crippen LogP contribution in [0.4, 0.5) is 0 Å². The third-order valence-electron chi connectivity index (χ3n) is 4.77. The Labute approximate surface area is 147 Å². The van der Waals surface area contributed by atoms with Crippen molar-refractivity contribution in [3.63, 3.8) is 0 Å². The molecule has 3 heterocycles. The summed E-state index contributed by atoms with van der Waals surface area (Å²) in [7, 11) is -3.27. The molecule has 2 aliphatic heterocycles. The molecule has 0 bridgehead atoms. The fraction of sp³-hybridized carbons (Fsp3) is 0.588. The molecule has 7 nitrogen and oxygen atoms in total. The third-order valence-corrected chi connectivity index (χ3v) is 6.47. The maximum Gasteiger partial charge on any atom is 0.254 e. The first kappa shape index (κ1) is 17.8. The second-order valence-electron chi connectivity index (χ2n) is 7.13. The van der Waals surface area contributed by atoms with Gasteiger partial charge in [-0.15, -0.1) is 0 Å². The largest absolute Gasteiger partial charge is 0.335 e. The van der Waals surface area contributed by atoms with E-state index in [1.807, 2.05) is 13.8 Å². The predicted octanol–water partition coefficient (Wildman–Crippen LogP) is 0.578. The average Bonchev–Trinajstić information content (AvgIpc) is 2.88. The monoisotopic (exact) mass is 365 g/mol. The van der Waals surface area contributed by atoms with Crippen LogP contribution in [0.1, 0.15) is 30.6 Å². The quantitative estimate of drug-likeness (QED) is 0.782. The van der Waals surface area contributed by atoms with Crippen molar-refractivity contribution in [2.45, 2.75) is 32.4 Å². The van der Waals surface area contributed by atoms with E-state index in [9.17, 15) is 18.0 Å². The van der Waals surface area contributed by atoms with Crippen molar-refractivity contribution in [1.29, 1.82) is 0 Å². The van der Waals surface area contributed by atoms with Gasteiger partial charge in [-0.1, -0.05) is 13.8 Å². The Bertz CT molecular complexity index is 763. The van der Waals surface area contributed by atoms with E-state index in [0.717, 1.165) is 0 Å². The van der Waals surface area contributed by atoms with Crippen LogP contribution in [0.15, 0.2) is 24.5 Å². The molecule has 0 aromatic carbocycles. The summed E-state index contributed by atoms with van der Waals surface area (Å²) in [4.78, 5) is 32.5.